The topological polar surface area (TPSA) is 105 Å². The summed E-state index contributed by atoms with van der Waals surface area (Å²) in [6.07, 6.45) is 3.73. The van der Waals surface area contributed by atoms with Crippen molar-refractivity contribution in [2.24, 2.45) is 16.2 Å². The number of esters is 3. The molecule has 0 spiro atoms. The SMILES string of the molecule is COC(=O)C12CC(C(=O)OC(C)(C)C)(C1)C2.COC(=O)C12CC(OC=O)(C1)C2. The van der Waals surface area contributed by atoms with Gasteiger partial charge in [-0.15, -0.1) is 0 Å². The van der Waals surface area contributed by atoms with Crippen molar-refractivity contribution >= 4 is 24.4 Å². The lowest BCUT2D eigenvalue weighted by molar-refractivity contribution is -0.267. The van der Waals surface area contributed by atoms with Crippen molar-refractivity contribution in [2.45, 2.75) is 70.5 Å². The average molecular weight is 396 g/mol. The van der Waals surface area contributed by atoms with Crippen LogP contribution in [0.15, 0.2) is 0 Å². The lowest BCUT2D eigenvalue weighted by Crippen LogP contribution is -2.71. The Bertz CT molecular complexity index is 677. The van der Waals surface area contributed by atoms with Gasteiger partial charge in [0.15, 0.2) is 0 Å². The Kier molecular flexibility index (Phi) is 4.56. The van der Waals surface area contributed by atoms with Crippen molar-refractivity contribution in [2.75, 3.05) is 14.2 Å². The fourth-order valence-corrected chi connectivity index (χ4v) is 5.18. The van der Waals surface area contributed by atoms with E-state index in [1.807, 2.05) is 20.8 Å². The first-order valence-electron chi connectivity index (χ1n) is 9.41. The van der Waals surface area contributed by atoms with E-state index >= 15 is 0 Å². The van der Waals surface area contributed by atoms with Crippen LogP contribution >= 0.6 is 0 Å². The summed E-state index contributed by atoms with van der Waals surface area (Å²) in [7, 11) is 2.78. The molecule has 156 valence electrons. The van der Waals surface area contributed by atoms with Gasteiger partial charge < -0.3 is 18.9 Å². The molecule has 0 atom stereocenters. The summed E-state index contributed by atoms with van der Waals surface area (Å²) in [5, 5.41) is 0. The van der Waals surface area contributed by atoms with Crippen molar-refractivity contribution < 1.29 is 38.1 Å². The average Bonchev–Trinajstić information content (AvgIpc) is 2.44. The zero-order chi connectivity index (χ0) is 21.0. The molecule has 28 heavy (non-hydrogen) atoms. The van der Waals surface area contributed by atoms with Gasteiger partial charge in [0.25, 0.3) is 6.47 Å². The van der Waals surface area contributed by atoms with Gasteiger partial charge >= 0.3 is 17.9 Å². The number of carbonyl (C=O) groups excluding carboxylic acids is 4. The predicted molar refractivity (Wildman–Crippen MR) is 94.8 cm³/mol. The molecule has 6 saturated carbocycles. The van der Waals surface area contributed by atoms with Gasteiger partial charge in [0.2, 0.25) is 0 Å². The largest absolute Gasteiger partial charge is 0.469 e. The molecule has 6 rings (SSSR count). The van der Waals surface area contributed by atoms with Crippen molar-refractivity contribution in [1.82, 2.24) is 0 Å². The van der Waals surface area contributed by atoms with Crippen LogP contribution in [0, 0.1) is 16.2 Å². The first-order valence-corrected chi connectivity index (χ1v) is 9.41. The standard InChI is InChI=1S/C12H18O4.C8H10O4/c1-10(2,3)16-9(14)12-5-11(6-12,7-12)8(13)15-4;1-11-6(10)7-2-8(3-7,4-7)12-5-9/h5-7H2,1-4H3;5H,2-4H2,1H3. The molecule has 0 aliphatic heterocycles. The van der Waals surface area contributed by atoms with E-state index in [4.69, 9.17) is 14.2 Å². The molecule has 0 heterocycles. The summed E-state index contributed by atoms with van der Waals surface area (Å²) in [6, 6.07) is 0. The molecule has 0 saturated heterocycles. The van der Waals surface area contributed by atoms with E-state index in [0.717, 1.165) is 0 Å². The minimum absolute atomic E-state index is 0.161. The van der Waals surface area contributed by atoms with E-state index in [1.165, 1.54) is 14.2 Å². The van der Waals surface area contributed by atoms with Crippen molar-refractivity contribution in [3.05, 3.63) is 0 Å². The van der Waals surface area contributed by atoms with Gasteiger partial charge in [-0.05, 0) is 40.0 Å². The van der Waals surface area contributed by atoms with Gasteiger partial charge in [-0.25, -0.2) is 0 Å². The first-order chi connectivity index (χ1) is 12.9. The van der Waals surface area contributed by atoms with Gasteiger partial charge in [-0.1, -0.05) is 0 Å². The smallest absolute Gasteiger partial charge is 0.312 e. The summed E-state index contributed by atoms with van der Waals surface area (Å²) >= 11 is 0. The van der Waals surface area contributed by atoms with E-state index < -0.39 is 5.60 Å². The second-order valence-electron chi connectivity index (χ2n) is 9.78. The second-order valence-corrected chi connectivity index (χ2v) is 9.78. The molecule has 4 bridgehead atoms. The second kappa shape index (κ2) is 6.19. The Morgan fingerprint density at radius 2 is 1.14 bits per heavy atom. The third kappa shape index (κ3) is 2.97. The molecule has 0 aromatic rings. The minimum Gasteiger partial charge on any atom is -0.469 e. The maximum atomic E-state index is 11.9. The lowest BCUT2D eigenvalue weighted by atomic mass is 9.35. The molecule has 8 nitrogen and oxygen atoms in total. The van der Waals surface area contributed by atoms with Gasteiger partial charge in [0.05, 0.1) is 30.5 Å². The third-order valence-electron chi connectivity index (χ3n) is 6.38. The van der Waals surface area contributed by atoms with Crippen molar-refractivity contribution in [3.63, 3.8) is 0 Å². The summed E-state index contributed by atoms with van der Waals surface area (Å²) in [6.45, 7) is 6.02. The lowest BCUT2D eigenvalue weighted by Gasteiger charge is -2.66. The predicted octanol–water partition coefficient (Wildman–Crippen LogP) is 1.93. The normalized spacial score (nSPS) is 38.5. The zero-order valence-corrected chi connectivity index (χ0v) is 17.1. The van der Waals surface area contributed by atoms with Crippen LogP contribution < -0.4 is 0 Å². The minimum atomic E-state index is -0.453. The Morgan fingerprint density at radius 1 is 0.750 bits per heavy atom. The number of methoxy groups -OCH3 is 2. The van der Waals surface area contributed by atoms with Crippen LogP contribution in [0.25, 0.3) is 0 Å². The Labute approximate surface area is 164 Å². The maximum Gasteiger partial charge on any atom is 0.312 e. The first kappa shape index (κ1) is 20.6. The molecule has 0 aromatic carbocycles. The highest BCUT2D eigenvalue weighted by Crippen LogP contribution is 2.74. The molecule has 0 amide bonds. The number of hydrogen-bond donors (Lipinski definition) is 0. The van der Waals surface area contributed by atoms with Crippen LogP contribution in [0.1, 0.15) is 59.3 Å². The highest BCUT2D eigenvalue weighted by Gasteiger charge is 2.76. The molecule has 8 heteroatoms. The van der Waals surface area contributed by atoms with Crippen LogP contribution in [0.5, 0.6) is 0 Å². The summed E-state index contributed by atoms with van der Waals surface area (Å²) in [4.78, 5) is 44.5. The maximum absolute atomic E-state index is 11.9. The number of ether oxygens (including phenoxy) is 4. The highest BCUT2D eigenvalue weighted by molar-refractivity contribution is 5.91. The van der Waals surface area contributed by atoms with E-state index in [-0.39, 0.29) is 39.8 Å². The molecular formula is C20H28O8. The fourth-order valence-electron chi connectivity index (χ4n) is 5.18. The van der Waals surface area contributed by atoms with Crippen molar-refractivity contribution in [1.29, 1.82) is 0 Å². The quantitative estimate of drug-likeness (QED) is 0.394. The van der Waals surface area contributed by atoms with Gasteiger partial charge in [0.1, 0.15) is 11.2 Å². The van der Waals surface area contributed by atoms with Crippen LogP contribution in [0.2, 0.25) is 0 Å². The monoisotopic (exact) mass is 396 g/mol. The zero-order valence-electron chi connectivity index (χ0n) is 17.1. The van der Waals surface area contributed by atoms with Crippen LogP contribution in [-0.4, -0.2) is 49.8 Å². The summed E-state index contributed by atoms with van der Waals surface area (Å²) < 4.78 is 19.6. The molecule has 0 aromatic heterocycles. The van der Waals surface area contributed by atoms with Crippen LogP contribution in [-0.2, 0) is 38.1 Å². The van der Waals surface area contributed by atoms with E-state index in [9.17, 15) is 19.2 Å². The molecular weight excluding hydrogens is 368 g/mol. The van der Waals surface area contributed by atoms with Gasteiger partial charge in [-0.3, -0.25) is 19.2 Å². The third-order valence-corrected chi connectivity index (χ3v) is 6.38. The number of rotatable bonds is 5. The summed E-state index contributed by atoms with van der Waals surface area (Å²) in [5.41, 5.74) is -1.83. The van der Waals surface area contributed by atoms with Crippen LogP contribution in [0.3, 0.4) is 0 Å². The Hall–Kier alpha value is -2.12. The highest BCUT2D eigenvalue weighted by atomic mass is 16.6. The molecule has 0 radical (unpaired) electrons. The fraction of sp³-hybridized carbons (Fsp3) is 0.800. The molecule has 6 aliphatic rings. The molecule has 6 fully saturated rings. The van der Waals surface area contributed by atoms with Gasteiger partial charge in [0, 0.05) is 19.3 Å². The van der Waals surface area contributed by atoms with Crippen LogP contribution in [0.4, 0.5) is 0 Å². The summed E-state index contributed by atoms with van der Waals surface area (Å²) in [5.74, 6) is -0.511. The number of hydrogen-bond acceptors (Lipinski definition) is 8. The van der Waals surface area contributed by atoms with E-state index in [1.54, 1.807) is 0 Å². The van der Waals surface area contributed by atoms with Gasteiger partial charge in [-0.2, -0.15) is 0 Å². The van der Waals surface area contributed by atoms with E-state index in [2.05, 4.69) is 4.74 Å². The van der Waals surface area contributed by atoms with E-state index in [0.29, 0.717) is 45.0 Å². The Balaban J connectivity index is 0.000000167. The Morgan fingerprint density at radius 3 is 1.50 bits per heavy atom. The molecule has 6 aliphatic carbocycles. The molecule has 0 unspecified atom stereocenters. The number of carbonyl (C=O) groups is 4. The molecule has 0 N–H and O–H groups in total. The van der Waals surface area contributed by atoms with Crippen molar-refractivity contribution in [3.8, 4) is 0 Å².